The summed E-state index contributed by atoms with van der Waals surface area (Å²) in [6.07, 6.45) is 0.709. The largest absolute Gasteiger partial charge is 0.278 e. The number of hydrogen-bond donors (Lipinski definition) is 1. The Kier molecular flexibility index (Phi) is 0.982. The zero-order valence-corrected chi connectivity index (χ0v) is 4.27. The van der Waals surface area contributed by atoms with Gasteiger partial charge in [-0.1, -0.05) is 0 Å². The molecule has 0 spiro atoms. The van der Waals surface area contributed by atoms with Crippen LogP contribution in [0.5, 0.6) is 0 Å². The summed E-state index contributed by atoms with van der Waals surface area (Å²) in [5, 5.41) is 1.58. The molecule has 0 bridgehead atoms. The van der Waals surface area contributed by atoms with Crippen LogP contribution in [0.25, 0.3) is 0 Å². The van der Waals surface area contributed by atoms with Gasteiger partial charge in [-0.3, -0.25) is 9.80 Å². The summed E-state index contributed by atoms with van der Waals surface area (Å²) in [5.74, 6) is 0.197. The minimum Gasteiger partial charge on any atom is -0.278 e. The van der Waals surface area contributed by atoms with Crippen molar-refractivity contribution in [3.63, 3.8) is 0 Å². The van der Waals surface area contributed by atoms with Crippen molar-refractivity contribution in [3.05, 3.63) is 0 Å². The average Bonchev–Trinajstić information content (AvgIpc) is 1.65. The molecule has 40 valence electrons. The van der Waals surface area contributed by atoms with Gasteiger partial charge in [0.1, 0.15) is 0 Å². The Morgan fingerprint density at radius 2 is 2.57 bits per heavy atom. The molecule has 1 N–H and O–H groups in total. The maximum atomic E-state index is 10.3. The van der Waals surface area contributed by atoms with Gasteiger partial charge in [-0.2, -0.15) is 0 Å². The summed E-state index contributed by atoms with van der Waals surface area (Å²) < 4.78 is 0. The predicted molar refractivity (Wildman–Crippen MR) is 25.4 cm³/mol. The molecule has 0 aromatic heterocycles. The van der Waals surface area contributed by atoms with E-state index in [-0.39, 0.29) is 5.91 Å². The second-order valence-electron chi connectivity index (χ2n) is 1.52. The summed E-state index contributed by atoms with van der Waals surface area (Å²) in [7, 11) is 1.75. The number of hydrazine groups is 1. The molecular formula is C4H8N2O. The van der Waals surface area contributed by atoms with E-state index in [9.17, 15) is 4.79 Å². The zero-order valence-electron chi connectivity index (χ0n) is 4.27. The van der Waals surface area contributed by atoms with Crippen LogP contribution < -0.4 is 5.43 Å². The van der Waals surface area contributed by atoms with Gasteiger partial charge >= 0.3 is 0 Å². The van der Waals surface area contributed by atoms with Gasteiger partial charge in [0.2, 0.25) is 5.91 Å². The second kappa shape index (κ2) is 1.50. The van der Waals surface area contributed by atoms with E-state index in [2.05, 4.69) is 5.43 Å². The van der Waals surface area contributed by atoms with Gasteiger partial charge in [-0.25, -0.2) is 5.43 Å². The first-order valence-electron chi connectivity index (χ1n) is 2.32. The van der Waals surface area contributed by atoms with Crippen LogP contribution in [-0.4, -0.2) is 24.5 Å². The van der Waals surface area contributed by atoms with Crippen LogP contribution in [0.2, 0.25) is 0 Å². The molecule has 1 aliphatic heterocycles. The Morgan fingerprint density at radius 1 is 1.86 bits per heavy atom. The number of amides is 1. The summed E-state index contributed by atoms with van der Waals surface area (Å²) >= 11 is 0. The molecule has 1 fully saturated rings. The van der Waals surface area contributed by atoms with Crippen molar-refractivity contribution in [2.24, 2.45) is 0 Å². The van der Waals surface area contributed by atoms with Gasteiger partial charge in [0, 0.05) is 20.0 Å². The molecule has 0 aliphatic carbocycles. The fraction of sp³-hybridized carbons (Fsp3) is 0.750. The molecule has 0 unspecified atom stereocenters. The molecule has 0 aromatic carbocycles. The molecule has 7 heavy (non-hydrogen) atoms. The molecule has 0 atom stereocenters. The molecule has 0 aromatic rings. The molecule has 3 heteroatoms. The highest BCUT2D eigenvalue weighted by Crippen LogP contribution is 2.01. The normalized spacial score (nSPS) is 19.6. The van der Waals surface area contributed by atoms with Crippen molar-refractivity contribution < 1.29 is 4.79 Å². The van der Waals surface area contributed by atoms with Crippen molar-refractivity contribution >= 4 is 5.91 Å². The smallest absolute Gasteiger partial charge is 0.238 e. The van der Waals surface area contributed by atoms with Crippen LogP contribution in [0.4, 0.5) is 0 Å². The van der Waals surface area contributed by atoms with Crippen LogP contribution >= 0.6 is 0 Å². The molecule has 1 heterocycles. The summed E-state index contributed by atoms with van der Waals surface area (Å²) in [5.41, 5.74) is 2.73. The van der Waals surface area contributed by atoms with E-state index in [4.69, 9.17) is 0 Å². The van der Waals surface area contributed by atoms with Crippen LogP contribution in [0.1, 0.15) is 6.42 Å². The SMILES string of the molecule is CNN1CCC1=O. The first kappa shape index (κ1) is 4.59. The minimum absolute atomic E-state index is 0.197. The Hall–Kier alpha value is -0.570. The standard InChI is InChI=1S/C4H8N2O/c1-5-6-3-2-4(6)7/h5H,2-3H2,1H3. The van der Waals surface area contributed by atoms with Crippen molar-refractivity contribution in [1.29, 1.82) is 0 Å². The van der Waals surface area contributed by atoms with Gasteiger partial charge in [0.25, 0.3) is 0 Å². The van der Waals surface area contributed by atoms with E-state index in [0.717, 1.165) is 6.54 Å². The van der Waals surface area contributed by atoms with E-state index in [0.29, 0.717) is 6.42 Å². The number of β-lactam (4-membered cyclic amide) rings is 1. The first-order chi connectivity index (χ1) is 3.34. The number of rotatable bonds is 1. The lowest BCUT2D eigenvalue weighted by Gasteiger charge is -2.28. The number of carbonyl (C=O) groups excluding carboxylic acids is 1. The molecular weight excluding hydrogens is 92.1 g/mol. The Balaban J connectivity index is 2.29. The molecule has 3 nitrogen and oxygen atoms in total. The van der Waals surface area contributed by atoms with Gasteiger partial charge in [-0.15, -0.1) is 0 Å². The van der Waals surface area contributed by atoms with E-state index >= 15 is 0 Å². The molecule has 1 aliphatic rings. The third-order valence-corrected chi connectivity index (χ3v) is 1.12. The maximum absolute atomic E-state index is 10.3. The minimum atomic E-state index is 0.197. The first-order valence-corrected chi connectivity index (χ1v) is 2.32. The van der Waals surface area contributed by atoms with E-state index in [1.165, 1.54) is 0 Å². The van der Waals surface area contributed by atoms with Gasteiger partial charge in [-0.05, 0) is 0 Å². The molecule has 1 saturated heterocycles. The Bertz CT molecular complexity index is 89.7. The van der Waals surface area contributed by atoms with E-state index in [1.54, 1.807) is 12.1 Å². The van der Waals surface area contributed by atoms with Gasteiger partial charge in [0.05, 0.1) is 0 Å². The van der Waals surface area contributed by atoms with Gasteiger partial charge in [0.15, 0.2) is 0 Å². The van der Waals surface area contributed by atoms with Crippen LogP contribution in [0.3, 0.4) is 0 Å². The molecule has 0 radical (unpaired) electrons. The van der Waals surface area contributed by atoms with Crippen LogP contribution in [0.15, 0.2) is 0 Å². The number of nitrogens with one attached hydrogen (secondary N) is 1. The fourth-order valence-corrected chi connectivity index (χ4v) is 0.551. The fourth-order valence-electron chi connectivity index (χ4n) is 0.551. The highest BCUT2D eigenvalue weighted by molar-refractivity contribution is 5.80. The van der Waals surface area contributed by atoms with Crippen molar-refractivity contribution in [2.45, 2.75) is 6.42 Å². The lowest BCUT2D eigenvalue weighted by molar-refractivity contribution is -0.143. The van der Waals surface area contributed by atoms with E-state index in [1.807, 2.05) is 0 Å². The lowest BCUT2D eigenvalue weighted by Crippen LogP contribution is -2.50. The summed E-state index contributed by atoms with van der Waals surface area (Å²) in [4.78, 5) is 10.3. The third-order valence-electron chi connectivity index (χ3n) is 1.12. The second-order valence-corrected chi connectivity index (χ2v) is 1.52. The van der Waals surface area contributed by atoms with Crippen molar-refractivity contribution in [2.75, 3.05) is 13.6 Å². The van der Waals surface area contributed by atoms with Gasteiger partial charge < -0.3 is 0 Å². The van der Waals surface area contributed by atoms with Crippen molar-refractivity contribution in [1.82, 2.24) is 10.4 Å². The predicted octanol–water partition coefficient (Wildman–Crippen LogP) is -0.647. The summed E-state index contributed by atoms with van der Waals surface area (Å²) in [6, 6.07) is 0. The quantitative estimate of drug-likeness (QED) is 0.444. The molecule has 1 rings (SSSR count). The van der Waals surface area contributed by atoms with Crippen molar-refractivity contribution in [3.8, 4) is 0 Å². The lowest BCUT2D eigenvalue weighted by atomic mass is 10.3. The Labute approximate surface area is 42.3 Å². The zero-order chi connectivity index (χ0) is 5.28. The maximum Gasteiger partial charge on any atom is 0.238 e. The highest BCUT2D eigenvalue weighted by Gasteiger charge is 2.21. The summed E-state index contributed by atoms with van der Waals surface area (Å²) in [6.45, 7) is 0.870. The third kappa shape index (κ3) is 0.587. The van der Waals surface area contributed by atoms with Crippen LogP contribution in [-0.2, 0) is 4.79 Å². The topological polar surface area (TPSA) is 32.3 Å². The highest BCUT2D eigenvalue weighted by atomic mass is 16.2. The number of nitrogens with zero attached hydrogens (tertiary/aromatic N) is 1. The number of hydrogen-bond acceptors (Lipinski definition) is 2. The molecule has 0 saturated carbocycles. The van der Waals surface area contributed by atoms with Crippen LogP contribution in [0, 0.1) is 0 Å². The molecule has 1 amide bonds. The van der Waals surface area contributed by atoms with E-state index < -0.39 is 0 Å². The Morgan fingerprint density at radius 3 is 2.57 bits per heavy atom. The monoisotopic (exact) mass is 100 g/mol. The average molecular weight is 100 g/mol. The number of carbonyl (C=O) groups is 1.